The van der Waals surface area contributed by atoms with Gasteiger partial charge in [0, 0.05) is 15.2 Å². The zero-order chi connectivity index (χ0) is 24.4. The SMILES string of the molecule is CCCOc1c2c(c(OCCC)c3ccccc13)C(=O)N(c1ccc(CC(=O)O)cc1Br)C2=O. The second-order valence-corrected chi connectivity index (χ2v) is 8.81. The number of benzene rings is 3. The van der Waals surface area contributed by atoms with Crippen molar-refractivity contribution in [1.29, 1.82) is 0 Å². The minimum Gasteiger partial charge on any atom is -0.492 e. The Bertz CT molecular complexity index is 1240. The number of carbonyl (C=O) groups is 3. The van der Waals surface area contributed by atoms with E-state index in [1.165, 1.54) is 0 Å². The van der Waals surface area contributed by atoms with Crippen molar-refractivity contribution in [3.63, 3.8) is 0 Å². The second-order valence-electron chi connectivity index (χ2n) is 7.95. The number of halogens is 1. The Morgan fingerprint density at radius 2 is 1.44 bits per heavy atom. The van der Waals surface area contributed by atoms with Gasteiger partial charge in [-0.05, 0) is 46.5 Å². The maximum Gasteiger partial charge on any atom is 0.307 e. The van der Waals surface area contributed by atoms with Crippen molar-refractivity contribution in [3.8, 4) is 11.5 Å². The zero-order valence-electron chi connectivity index (χ0n) is 18.9. The van der Waals surface area contributed by atoms with E-state index in [1.54, 1.807) is 18.2 Å². The van der Waals surface area contributed by atoms with E-state index in [4.69, 9.17) is 14.6 Å². The fraction of sp³-hybridized carbons (Fsp3) is 0.269. The lowest BCUT2D eigenvalue weighted by atomic mass is 9.99. The van der Waals surface area contributed by atoms with Crippen LogP contribution >= 0.6 is 15.9 Å². The average molecular weight is 526 g/mol. The molecule has 0 saturated heterocycles. The Labute approximate surface area is 205 Å². The fourth-order valence-electron chi connectivity index (χ4n) is 4.04. The number of carboxylic acids is 1. The standard InChI is InChI=1S/C26H24BrNO6/c1-3-11-33-23-16-7-5-6-8-17(16)24(34-12-4-2)22-21(23)25(31)28(26(22)32)19-10-9-15(13-18(19)27)14-20(29)30/h5-10,13H,3-4,11-12,14H2,1-2H3,(H,29,30). The molecule has 176 valence electrons. The third kappa shape index (κ3) is 4.14. The molecule has 3 aromatic rings. The number of carboxylic acid groups (broad SMARTS) is 1. The monoisotopic (exact) mass is 525 g/mol. The molecule has 0 unspecified atom stereocenters. The number of rotatable bonds is 9. The Kier molecular flexibility index (Phi) is 6.88. The summed E-state index contributed by atoms with van der Waals surface area (Å²) in [5, 5.41) is 10.5. The summed E-state index contributed by atoms with van der Waals surface area (Å²) in [6.45, 7) is 4.72. The van der Waals surface area contributed by atoms with E-state index >= 15 is 0 Å². The van der Waals surface area contributed by atoms with Gasteiger partial charge in [-0.1, -0.05) is 44.2 Å². The molecule has 1 N–H and O–H groups in total. The fourth-order valence-corrected chi connectivity index (χ4v) is 4.65. The van der Waals surface area contributed by atoms with E-state index < -0.39 is 17.8 Å². The average Bonchev–Trinajstić information content (AvgIpc) is 3.06. The summed E-state index contributed by atoms with van der Waals surface area (Å²) in [7, 11) is 0. The normalized spacial score (nSPS) is 12.9. The highest BCUT2D eigenvalue weighted by atomic mass is 79.9. The van der Waals surface area contributed by atoms with Crippen LogP contribution in [0.1, 0.15) is 53.0 Å². The molecule has 0 saturated carbocycles. The molecule has 0 aromatic heterocycles. The molecular formula is C26H24BrNO6. The van der Waals surface area contributed by atoms with E-state index in [9.17, 15) is 14.4 Å². The Morgan fingerprint density at radius 3 is 1.88 bits per heavy atom. The first-order chi connectivity index (χ1) is 16.4. The summed E-state index contributed by atoms with van der Waals surface area (Å²) in [4.78, 5) is 39.6. The molecule has 1 heterocycles. The number of carbonyl (C=O) groups excluding carboxylic acids is 2. The predicted octanol–water partition coefficient (Wildman–Crippen LogP) is 5.61. The number of imide groups is 1. The Morgan fingerprint density at radius 1 is 0.912 bits per heavy atom. The summed E-state index contributed by atoms with van der Waals surface area (Å²) >= 11 is 3.41. The lowest BCUT2D eigenvalue weighted by molar-refractivity contribution is -0.136. The van der Waals surface area contributed by atoms with Gasteiger partial charge in [-0.15, -0.1) is 0 Å². The molecule has 0 spiro atoms. The minimum atomic E-state index is -0.970. The summed E-state index contributed by atoms with van der Waals surface area (Å²) in [6, 6.07) is 12.2. The van der Waals surface area contributed by atoms with Gasteiger partial charge in [0.15, 0.2) is 0 Å². The molecule has 0 bridgehead atoms. The van der Waals surface area contributed by atoms with Crippen LogP contribution in [0.4, 0.5) is 5.69 Å². The molecule has 0 fully saturated rings. The van der Waals surface area contributed by atoms with Crippen LogP contribution in [-0.4, -0.2) is 36.1 Å². The number of fused-ring (bicyclic) bond motifs is 2. The van der Waals surface area contributed by atoms with Crippen LogP contribution in [0.3, 0.4) is 0 Å². The van der Waals surface area contributed by atoms with Gasteiger partial charge in [0.05, 0.1) is 36.4 Å². The zero-order valence-corrected chi connectivity index (χ0v) is 20.5. The van der Waals surface area contributed by atoms with Gasteiger partial charge < -0.3 is 14.6 Å². The molecule has 1 aliphatic heterocycles. The van der Waals surface area contributed by atoms with Crippen molar-refractivity contribution in [2.24, 2.45) is 0 Å². The maximum atomic E-state index is 13.7. The summed E-state index contributed by atoms with van der Waals surface area (Å²) in [5.74, 6) is -1.25. The third-order valence-corrected chi connectivity index (χ3v) is 6.10. The van der Waals surface area contributed by atoms with Crippen molar-refractivity contribution < 1.29 is 29.0 Å². The number of anilines is 1. The van der Waals surface area contributed by atoms with E-state index in [0.29, 0.717) is 51.2 Å². The molecule has 0 aliphatic carbocycles. The largest absolute Gasteiger partial charge is 0.492 e. The van der Waals surface area contributed by atoms with Gasteiger partial charge in [0.25, 0.3) is 11.8 Å². The number of nitrogens with zero attached hydrogens (tertiary/aromatic N) is 1. The maximum absolute atomic E-state index is 13.7. The molecule has 7 nitrogen and oxygen atoms in total. The highest BCUT2D eigenvalue weighted by Gasteiger charge is 2.44. The summed E-state index contributed by atoms with van der Waals surface area (Å²) in [6.07, 6.45) is 1.30. The van der Waals surface area contributed by atoms with Crippen molar-refractivity contribution in [2.75, 3.05) is 18.1 Å². The smallest absolute Gasteiger partial charge is 0.307 e. The van der Waals surface area contributed by atoms with Gasteiger partial charge >= 0.3 is 5.97 Å². The van der Waals surface area contributed by atoms with E-state index in [2.05, 4.69) is 15.9 Å². The predicted molar refractivity (Wildman–Crippen MR) is 132 cm³/mol. The number of hydrogen-bond donors (Lipinski definition) is 1. The van der Waals surface area contributed by atoms with Gasteiger partial charge in [0.1, 0.15) is 11.5 Å². The van der Waals surface area contributed by atoms with Crippen LogP contribution in [-0.2, 0) is 11.2 Å². The molecule has 4 rings (SSSR count). The molecule has 2 amide bonds. The third-order valence-electron chi connectivity index (χ3n) is 5.46. The highest BCUT2D eigenvalue weighted by molar-refractivity contribution is 9.10. The van der Waals surface area contributed by atoms with E-state index in [0.717, 1.165) is 17.7 Å². The van der Waals surface area contributed by atoms with Crippen LogP contribution in [0.5, 0.6) is 11.5 Å². The van der Waals surface area contributed by atoms with Crippen molar-refractivity contribution in [2.45, 2.75) is 33.1 Å². The van der Waals surface area contributed by atoms with Crippen LogP contribution in [0.2, 0.25) is 0 Å². The van der Waals surface area contributed by atoms with E-state index in [1.807, 2.05) is 38.1 Å². The first-order valence-electron chi connectivity index (χ1n) is 11.1. The molecular weight excluding hydrogens is 502 g/mol. The van der Waals surface area contributed by atoms with Gasteiger partial charge in [-0.25, -0.2) is 4.90 Å². The Balaban J connectivity index is 1.92. The molecule has 8 heteroatoms. The number of aliphatic carboxylic acids is 1. The van der Waals surface area contributed by atoms with Gasteiger partial charge in [-0.2, -0.15) is 0 Å². The highest BCUT2D eigenvalue weighted by Crippen LogP contribution is 2.47. The molecule has 34 heavy (non-hydrogen) atoms. The Hall–Kier alpha value is -3.39. The number of hydrogen-bond acceptors (Lipinski definition) is 5. The van der Waals surface area contributed by atoms with Gasteiger partial charge in [-0.3, -0.25) is 14.4 Å². The van der Waals surface area contributed by atoms with Crippen molar-refractivity contribution in [1.82, 2.24) is 0 Å². The minimum absolute atomic E-state index is 0.170. The van der Waals surface area contributed by atoms with Crippen molar-refractivity contribution >= 4 is 50.2 Å². The van der Waals surface area contributed by atoms with E-state index in [-0.39, 0.29) is 17.5 Å². The summed E-state index contributed by atoms with van der Waals surface area (Å²) in [5.41, 5.74) is 1.24. The van der Waals surface area contributed by atoms with Crippen LogP contribution < -0.4 is 14.4 Å². The lowest BCUT2D eigenvalue weighted by Crippen LogP contribution is -2.30. The molecule has 0 radical (unpaired) electrons. The molecule has 1 aliphatic rings. The van der Waals surface area contributed by atoms with Crippen LogP contribution in [0, 0.1) is 0 Å². The number of ether oxygens (including phenoxy) is 2. The molecule has 0 atom stereocenters. The number of amides is 2. The summed E-state index contributed by atoms with van der Waals surface area (Å²) < 4.78 is 12.5. The van der Waals surface area contributed by atoms with Crippen LogP contribution in [0.15, 0.2) is 46.9 Å². The van der Waals surface area contributed by atoms with Crippen molar-refractivity contribution in [3.05, 3.63) is 63.6 Å². The first-order valence-corrected chi connectivity index (χ1v) is 11.9. The topological polar surface area (TPSA) is 93.1 Å². The quantitative estimate of drug-likeness (QED) is 0.365. The first kappa shape index (κ1) is 23.8. The lowest BCUT2D eigenvalue weighted by Gasteiger charge is -2.16. The second kappa shape index (κ2) is 9.85. The van der Waals surface area contributed by atoms with Crippen LogP contribution in [0.25, 0.3) is 10.8 Å². The van der Waals surface area contributed by atoms with Gasteiger partial charge in [0.2, 0.25) is 0 Å². The molecule has 3 aromatic carbocycles.